The number of methoxy groups -OCH3 is 1. The second kappa shape index (κ2) is 4.36. The predicted octanol–water partition coefficient (Wildman–Crippen LogP) is 2.76. The van der Waals surface area contributed by atoms with Gasteiger partial charge in [-0.15, -0.1) is 11.6 Å². The molecule has 0 amide bonds. The first-order valence-corrected chi connectivity index (χ1v) is 5.09. The van der Waals surface area contributed by atoms with E-state index in [9.17, 15) is 0 Å². The summed E-state index contributed by atoms with van der Waals surface area (Å²) in [4.78, 5) is 4.26. The molecule has 1 heterocycles. The highest BCUT2D eigenvalue weighted by Crippen LogP contribution is 2.27. The fraction of sp³-hybridized carbons (Fsp3) is 0.182. The lowest BCUT2D eigenvalue weighted by molar-refractivity contribution is 0.416. The molecule has 2 rings (SSSR count). The monoisotopic (exact) mass is 222 g/mol. The van der Waals surface area contributed by atoms with Crippen LogP contribution in [0.4, 0.5) is 0 Å². The van der Waals surface area contributed by atoms with E-state index in [-0.39, 0.29) is 0 Å². The zero-order valence-corrected chi connectivity index (χ0v) is 9.11. The summed E-state index contributed by atoms with van der Waals surface area (Å²) in [6, 6.07) is 8.18. The third-order valence-corrected chi connectivity index (χ3v) is 2.43. The van der Waals surface area contributed by atoms with Gasteiger partial charge in [0, 0.05) is 11.8 Å². The average molecular weight is 223 g/mol. The molecule has 0 fully saturated rings. The normalized spacial score (nSPS) is 10.3. The van der Waals surface area contributed by atoms with Gasteiger partial charge in [0.05, 0.1) is 25.1 Å². The minimum atomic E-state index is 0.405. The maximum absolute atomic E-state index is 5.69. The molecule has 1 aromatic heterocycles. The van der Waals surface area contributed by atoms with E-state index in [1.165, 1.54) is 0 Å². The van der Waals surface area contributed by atoms with Crippen molar-refractivity contribution in [3.05, 3.63) is 36.8 Å². The Hall–Kier alpha value is -1.48. The minimum Gasteiger partial charge on any atom is -0.496 e. The number of rotatable bonds is 3. The number of benzene rings is 1. The van der Waals surface area contributed by atoms with E-state index in [2.05, 4.69) is 4.98 Å². The third-order valence-electron chi connectivity index (χ3n) is 2.15. The number of nitrogens with zero attached hydrogens (tertiary/aromatic N) is 2. The van der Waals surface area contributed by atoms with Gasteiger partial charge in [-0.3, -0.25) is 0 Å². The van der Waals surface area contributed by atoms with E-state index in [0.29, 0.717) is 6.00 Å². The number of imidazole rings is 1. The zero-order chi connectivity index (χ0) is 10.7. The van der Waals surface area contributed by atoms with Gasteiger partial charge in [0.2, 0.25) is 0 Å². The highest BCUT2D eigenvalue weighted by Gasteiger charge is 2.06. The van der Waals surface area contributed by atoms with Gasteiger partial charge in [0.1, 0.15) is 5.75 Å². The molecule has 15 heavy (non-hydrogen) atoms. The predicted molar refractivity (Wildman–Crippen MR) is 60.1 cm³/mol. The lowest BCUT2D eigenvalue weighted by Crippen LogP contribution is -1.87. The standard InChI is InChI=1S/C11H11ClN2O/c1-15-11-5-3-2-4-9(11)10-6-14(7-12)8-13-10/h2-6,8H,7H2,1H3. The maximum atomic E-state index is 5.69. The van der Waals surface area contributed by atoms with Gasteiger partial charge in [0.25, 0.3) is 0 Å². The molecule has 0 bridgehead atoms. The van der Waals surface area contributed by atoms with Crippen LogP contribution in [0.3, 0.4) is 0 Å². The summed E-state index contributed by atoms with van der Waals surface area (Å²) >= 11 is 5.69. The number of ether oxygens (including phenoxy) is 1. The largest absolute Gasteiger partial charge is 0.496 e. The van der Waals surface area contributed by atoms with Crippen LogP contribution in [0.1, 0.15) is 0 Å². The summed E-state index contributed by atoms with van der Waals surface area (Å²) < 4.78 is 7.07. The van der Waals surface area contributed by atoms with Gasteiger partial charge < -0.3 is 9.30 Å². The topological polar surface area (TPSA) is 27.1 Å². The van der Waals surface area contributed by atoms with E-state index in [1.807, 2.05) is 35.0 Å². The molecule has 1 aromatic carbocycles. The van der Waals surface area contributed by atoms with Crippen LogP contribution in [-0.4, -0.2) is 16.7 Å². The van der Waals surface area contributed by atoms with E-state index in [0.717, 1.165) is 17.0 Å². The molecule has 78 valence electrons. The lowest BCUT2D eigenvalue weighted by atomic mass is 10.1. The van der Waals surface area contributed by atoms with Crippen LogP contribution in [0.25, 0.3) is 11.3 Å². The number of hydrogen-bond donors (Lipinski definition) is 0. The number of para-hydroxylation sites is 1. The fourth-order valence-corrected chi connectivity index (χ4v) is 1.55. The quantitative estimate of drug-likeness (QED) is 0.747. The Bertz CT molecular complexity index is 453. The highest BCUT2D eigenvalue weighted by atomic mass is 35.5. The molecule has 0 N–H and O–H groups in total. The first-order valence-electron chi connectivity index (χ1n) is 4.56. The highest BCUT2D eigenvalue weighted by molar-refractivity contribution is 6.15. The molecule has 0 aliphatic heterocycles. The van der Waals surface area contributed by atoms with Gasteiger partial charge in [-0.05, 0) is 12.1 Å². The first kappa shape index (κ1) is 10.1. The molecule has 0 saturated heterocycles. The average Bonchev–Trinajstić information content (AvgIpc) is 2.77. The van der Waals surface area contributed by atoms with Crippen LogP contribution in [0.5, 0.6) is 5.75 Å². The Morgan fingerprint density at radius 2 is 2.20 bits per heavy atom. The van der Waals surface area contributed by atoms with Crippen LogP contribution >= 0.6 is 11.6 Å². The molecule has 0 spiro atoms. The molecule has 4 heteroatoms. The Morgan fingerprint density at radius 3 is 2.87 bits per heavy atom. The Balaban J connectivity index is 2.44. The molecular weight excluding hydrogens is 212 g/mol. The summed E-state index contributed by atoms with van der Waals surface area (Å²) in [6.07, 6.45) is 3.60. The van der Waals surface area contributed by atoms with Crippen molar-refractivity contribution >= 4 is 11.6 Å². The second-order valence-electron chi connectivity index (χ2n) is 3.09. The van der Waals surface area contributed by atoms with E-state index < -0.39 is 0 Å². The van der Waals surface area contributed by atoms with Crippen LogP contribution in [0.15, 0.2) is 36.8 Å². The Labute approximate surface area is 93.3 Å². The van der Waals surface area contributed by atoms with Gasteiger partial charge >= 0.3 is 0 Å². The summed E-state index contributed by atoms with van der Waals surface area (Å²) in [6.45, 7) is 0. The zero-order valence-electron chi connectivity index (χ0n) is 8.35. The minimum absolute atomic E-state index is 0.405. The van der Waals surface area contributed by atoms with Crippen molar-refractivity contribution < 1.29 is 4.74 Å². The molecule has 0 atom stereocenters. The molecule has 0 saturated carbocycles. The fourth-order valence-electron chi connectivity index (χ4n) is 1.42. The molecule has 0 aliphatic rings. The third kappa shape index (κ3) is 1.97. The first-order chi connectivity index (χ1) is 7.35. The van der Waals surface area contributed by atoms with Crippen molar-refractivity contribution in [2.24, 2.45) is 0 Å². The van der Waals surface area contributed by atoms with Crippen molar-refractivity contribution in [1.82, 2.24) is 9.55 Å². The molecule has 0 radical (unpaired) electrons. The summed E-state index contributed by atoms with van der Waals surface area (Å²) in [7, 11) is 1.65. The van der Waals surface area contributed by atoms with Gasteiger partial charge in [0.15, 0.2) is 0 Å². The lowest BCUT2D eigenvalue weighted by Gasteiger charge is -2.04. The smallest absolute Gasteiger partial charge is 0.128 e. The summed E-state index contributed by atoms with van der Waals surface area (Å²) in [5.74, 6) is 0.817. The summed E-state index contributed by atoms with van der Waals surface area (Å²) in [5.41, 5.74) is 1.84. The van der Waals surface area contributed by atoms with Crippen molar-refractivity contribution in [3.63, 3.8) is 0 Å². The molecular formula is C11H11ClN2O. The van der Waals surface area contributed by atoms with Crippen LogP contribution in [-0.2, 0) is 6.00 Å². The number of hydrogen-bond acceptors (Lipinski definition) is 2. The summed E-state index contributed by atoms with van der Waals surface area (Å²) in [5, 5.41) is 0. The van der Waals surface area contributed by atoms with Crippen molar-refractivity contribution in [1.29, 1.82) is 0 Å². The van der Waals surface area contributed by atoms with Crippen molar-refractivity contribution in [2.45, 2.75) is 6.00 Å². The SMILES string of the molecule is COc1ccccc1-c1cn(CCl)cn1. The molecule has 2 aromatic rings. The number of halogens is 1. The number of alkyl halides is 1. The van der Waals surface area contributed by atoms with E-state index >= 15 is 0 Å². The maximum Gasteiger partial charge on any atom is 0.128 e. The van der Waals surface area contributed by atoms with Gasteiger partial charge in [-0.1, -0.05) is 12.1 Å². The van der Waals surface area contributed by atoms with Crippen LogP contribution < -0.4 is 4.74 Å². The van der Waals surface area contributed by atoms with Gasteiger partial charge in [-0.25, -0.2) is 4.98 Å². The van der Waals surface area contributed by atoms with Crippen LogP contribution in [0, 0.1) is 0 Å². The van der Waals surface area contributed by atoms with Crippen molar-refractivity contribution in [3.8, 4) is 17.0 Å². The Kier molecular flexibility index (Phi) is 2.92. The molecule has 3 nitrogen and oxygen atoms in total. The van der Waals surface area contributed by atoms with Gasteiger partial charge in [-0.2, -0.15) is 0 Å². The molecule has 0 aliphatic carbocycles. The van der Waals surface area contributed by atoms with Crippen molar-refractivity contribution in [2.75, 3.05) is 7.11 Å². The Morgan fingerprint density at radius 1 is 1.40 bits per heavy atom. The number of aromatic nitrogens is 2. The van der Waals surface area contributed by atoms with E-state index in [4.69, 9.17) is 16.3 Å². The van der Waals surface area contributed by atoms with E-state index in [1.54, 1.807) is 13.4 Å². The second-order valence-corrected chi connectivity index (χ2v) is 3.33. The van der Waals surface area contributed by atoms with Crippen LogP contribution in [0.2, 0.25) is 0 Å². The molecule has 0 unspecified atom stereocenters.